The summed E-state index contributed by atoms with van der Waals surface area (Å²) in [7, 11) is 0. The number of hydrogen-bond acceptors (Lipinski definition) is 15. The molecule has 0 fully saturated rings. The van der Waals surface area contributed by atoms with Gasteiger partial charge in [0.1, 0.15) is 23.6 Å². The first-order valence-electron chi connectivity index (χ1n) is 15.4. The van der Waals surface area contributed by atoms with Crippen LogP contribution in [-0.4, -0.2) is 15.0 Å². The zero-order chi connectivity index (χ0) is 41.2. The molecule has 0 spiro atoms. The third-order valence-electron chi connectivity index (χ3n) is 8.21. The summed E-state index contributed by atoms with van der Waals surface area (Å²) in [5.74, 6) is -1.81. The van der Waals surface area contributed by atoms with E-state index in [0.717, 1.165) is 0 Å². The fourth-order valence-corrected chi connectivity index (χ4v) is 5.73. The molecule has 3 aliphatic rings. The fraction of sp³-hybridized carbons (Fsp3) is 0. The van der Waals surface area contributed by atoms with E-state index in [-0.39, 0.29) is 89.1 Å². The maximum absolute atomic E-state index is 10.4. The van der Waals surface area contributed by atoms with E-state index in [1.807, 2.05) is 12.1 Å². The Hall–Kier alpha value is -10.9. The second kappa shape index (κ2) is 13.9. The van der Waals surface area contributed by atoms with Crippen molar-refractivity contribution in [3.8, 4) is 59.2 Å². The van der Waals surface area contributed by atoms with Crippen molar-refractivity contribution < 1.29 is 0 Å². The largest absolute Gasteiger partial charge is 0.305 e. The average Bonchev–Trinajstić information content (AvgIpc) is 4.00. The Morgan fingerprint density at radius 2 is 0.983 bits per heavy atom. The minimum atomic E-state index is -0.482. The highest BCUT2D eigenvalue weighted by Crippen LogP contribution is 2.31. The highest BCUT2D eigenvalue weighted by Gasteiger charge is 2.27. The minimum absolute atomic E-state index is 0.0103. The first-order valence-corrected chi connectivity index (χ1v) is 15.4. The summed E-state index contributed by atoms with van der Waals surface area (Å²) in [4.78, 5) is 55.9. The van der Waals surface area contributed by atoms with Crippen LogP contribution in [-0.2, 0) is 0 Å². The molecule has 0 unspecified atom stereocenters. The number of rotatable bonds is 3. The molecular formula is C38H4N20. The SMILES string of the molecule is [C-]#[N+]/C(C#N)=C1/N=c2ccc(-c3nc(/C([N+]#[C-])=C4\N=c5c(C#N)c(C#N)c(C#N)c([N+]#[C-])c5=N4)nc(-c4ccc5c(c4C#N)=N/C(=C(\C#N)[N+]#[C-])N=5)n3)c([N+]#[C-])c2=N1. The zero-order valence-electron chi connectivity index (χ0n) is 28.3. The van der Waals surface area contributed by atoms with Crippen LogP contribution in [0.25, 0.3) is 52.7 Å². The van der Waals surface area contributed by atoms with Crippen molar-refractivity contribution >= 4 is 17.1 Å². The molecule has 0 N–H and O–H groups in total. The molecule has 4 aromatic rings. The van der Waals surface area contributed by atoms with Gasteiger partial charge in [0.25, 0.3) is 5.70 Å². The van der Waals surface area contributed by atoms with Crippen LogP contribution < -0.4 is 32.1 Å². The predicted molar refractivity (Wildman–Crippen MR) is 187 cm³/mol. The lowest BCUT2D eigenvalue weighted by Crippen LogP contribution is -2.28. The highest BCUT2D eigenvalue weighted by atomic mass is 15.1. The van der Waals surface area contributed by atoms with Gasteiger partial charge in [-0.1, -0.05) is 6.07 Å². The molecule has 0 bridgehead atoms. The van der Waals surface area contributed by atoms with Crippen LogP contribution in [0.4, 0.5) is 11.4 Å². The normalized spacial score (nSPS) is 14.4. The van der Waals surface area contributed by atoms with E-state index < -0.39 is 39.9 Å². The molecule has 256 valence electrons. The molecule has 0 radical (unpaired) electrons. The summed E-state index contributed by atoms with van der Waals surface area (Å²) in [5, 5.41) is 58.5. The standard InChI is InChI=1S/C38H4N20/c1-45-24(14-43)35-50-22-8-6-16(19(11-40)26(22)52-35)33-56-34(17-7-9-23-30(27(17)47-3)54-36(51-23)25(15-44)46-2)58-38(57-33)32(49-5)37-53-29-21(13-42)18(10-39)20(12-41)28(48-4)31(29)55-37/h6-9H/b35-24+,36-25-,37-32-. The molecule has 1 aromatic heterocycles. The predicted octanol–water partition coefficient (Wildman–Crippen LogP) is 2.02. The zero-order valence-corrected chi connectivity index (χ0v) is 28.3. The van der Waals surface area contributed by atoms with E-state index in [0.29, 0.717) is 0 Å². The van der Waals surface area contributed by atoms with Gasteiger partial charge in [-0.05, 0) is 18.2 Å². The summed E-state index contributed by atoms with van der Waals surface area (Å²) in [6.07, 6.45) is 0. The number of aromatic nitrogens is 3. The van der Waals surface area contributed by atoms with E-state index in [4.69, 9.17) is 32.9 Å². The molecule has 58 heavy (non-hydrogen) atoms. The third-order valence-corrected chi connectivity index (χ3v) is 8.21. The molecule has 0 atom stereocenters. The van der Waals surface area contributed by atoms with Gasteiger partial charge in [0, 0.05) is 11.1 Å². The molecule has 20 nitrogen and oxygen atoms in total. The second-order valence-electron chi connectivity index (χ2n) is 11.1. The first-order chi connectivity index (χ1) is 28.3. The molecule has 0 saturated heterocycles. The summed E-state index contributed by atoms with van der Waals surface area (Å²) >= 11 is 0. The van der Waals surface area contributed by atoms with Gasteiger partial charge in [0.05, 0.1) is 100 Å². The second-order valence-corrected chi connectivity index (χ2v) is 11.1. The number of nitriles is 6. The summed E-state index contributed by atoms with van der Waals surface area (Å²) in [5.41, 5.74) is -3.19. The van der Waals surface area contributed by atoms with Crippen molar-refractivity contribution in [3.63, 3.8) is 0 Å². The van der Waals surface area contributed by atoms with Crippen LogP contribution in [0.3, 0.4) is 0 Å². The van der Waals surface area contributed by atoms with Gasteiger partial charge in [-0.2, -0.15) is 21.0 Å². The van der Waals surface area contributed by atoms with Crippen LogP contribution in [0.5, 0.6) is 0 Å². The topological polar surface area (TPSA) is 277 Å². The van der Waals surface area contributed by atoms with Crippen molar-refractivity contribution in [1.29, 1.82) is 31.6 Å². The van der Waals surface area contributed by atoms with Gasteiger partial charge in [0.2, 0.25) is 11.4 Å². The van der Waals surface area contributed by atoms with Crippen LogP contribution in [0.2, 0.25) is 0 Å². The minimum Gasteiger partial charge on any atom is -0.250 e. The van der Waals surface area contributed by atoms with Crippen LogP contribution >= 0.6 is 0 Å². The maximum atomic E-state index is 10.4. The summed E-state index contributed by atoms with van der Waals surface area (Å²) < 4.78 is 0. The van der Waals surface area contributed by atoms with Gasteiger partial charge in [-0.15, -0.1) is 0 Å². The Labute approximate surface area is 322 Å². The number of hydrogen-bond donors (Lipinski definition) is 0. The number of nitrogens with zero attached hydrogens (tertiary/aromatic N) is 20. The number of benzene rings is 3. The van der Waals surface area contributed by atoms with E-state index in [2.05, 4.69) is 69.1 Å². The molecule has 4 heterocycles. The molecule has 3 aromatic carbocycles. The first kappa shape index (κ1) is 35.5. The van der Waals surface area contributed by atoms with Gasteiger partial charge >= 0.3 is 11.4 Å². The maximum Gasteiger partial charge on any atom is 0.305 e. The molecule has 20 heteroatoms. The molecule has 7 rings (SSSR count). The molecule has 0 amide bonds. The van der Waals surface area contributed by atoms with Crippen LogP contribution in [0, 0.1) is 101 Å². The lowest BCUT2D eigenvalue weighted by Gasteiger charge is -2.10. The van der Waals surface area contributed by atoms with Crippen molar-refractivity contribution in [2.45, 2.75) is 0 Å². The molecule has 0 aliphatic carbocycles. The third kappa shape index (κ3) is 5.26. The monoisotopic (exact) mass is 740 g/mol. The Balaban J connectivity index is 1.59. The fourth-order valence-electron chi connectivity index (χ4n) is 5.73. The van der Waals surface area contributed by atoms with E-state index in [1.54, 1.807) is 24.3 Å². The van der Waals surface area contributed by atoms with E-state index in [9.17, 15) is 31.6 Å². The van der Waals surface area contributed by atoms with E-state index >= 15 is 0 Å². The van der Waals surface area contributed by atoms with Crippen molar-refractivity contribution in [2.24, 2.45) is 30.0 Å². The molecule has 0 saturated carbocycles. The molecule has 3 aliphatic heterocycles. The van der Waals surface area contributed by atoms with Crippen molar-refractivity contribution in [1.82, 2.24) is 15.0 Å². The Morgan fingerprint density at radius 1 is 0.466 bits per heavy atom. The lowest BCUT2D eigenvalue weighted by molar-refractivity contribution is 1.03. The molecular weight excluding hydrogens is 737 g/mol. The summed E-state index contributed by atoms with van der Waals surface area (Å²) in [6, 6.07) is 16.4. The average molecular weight is 741 g/mol. The Kier molecular flexibility index (Phi) is 8.50. The van der Waals surface area contributed by atoms with Gasteiger partial charge < -0.3 is 0 Å². The van der Waals surface area contributed by atoms with Crippen LogP contribution in [0.15, 0.2) is 83.1 Å². The van der Waals surface area contributed by atoms with Gasteiger partial charge in [-0.25, -0.2) is 74.7 Å². The smallest absolute Gasteiger partial charge is 0.250 e. The van der Waals surface area contributed by atoms with Gasteiger partial charge in [-0.3, -0.25) is 4.99 Å². The van der Waals surface area contributed by atoms with Crippen molar-refractivity contribution in [2.75, 3.05) is 0 Å². The van der Waals surface area contributed by atoms with Gasteiger partial charge in [0.15, 0.2) is 34.9 Å². The highest BCUT2D eigenvalue weighted by molar-refractivity contribution is 5.79. The summed E-state index contributed by atoms with van der Waals surface area (Å²) in [6.45, 7) is 38.5. The lowest BCUT2D eigenvalue weighted by atomic mass is 10.0. The van der Waals surface area contributed by atoms with E-state index in [1.165, 1.54) is 24.3 Å². The number of fused-ring (bicyclic) bond motifs is 3. The quantitative estimate of drug-likeness (QED) is 0.219. The van der Waals surface area contributed by atoms with Crippen LogP contribution in [0.1, 0.15) is 28.1 Å². The Bertz CT molecular complexity index is 3490. The van der Waals surface area contributed by atoms with Crippen molar-refractivity contribution in [3.05, 3.63) is 170 Å². The number of allylic oxidation sites excluding steroid dienone is 2. The Morgan fingerprint density at radius 3 is 1.52 bits per heavy atom.